The van der Waals surface area contributed by atoms with Crippen LogP contribution in [0, 0.1) is 0 Å². The third kappa shape index (κ3) is 8.26. The second kappa shape index (κ2) is 6.89. The Balaban J connectivity index is 3.85. The Bertz CT molecular complexity index is 297. The Morgan fingerprint density at radius 3 is 2.24 bits per heavy atom. The number of hydrogen-bond acceptors (Lipinski definition) is 5. The highest BCUT2D eigenvalue weighted by Gasteiger charge is 2.29. The molecular weight excluding hydrogens is 245 g/mol. The van der Waals surface area contributed by atoms with Crippen LogP contribution >= 0.6 is 0 Å². The van der Waals surface area contributed by atoms with E-state index in [0.717, 1.165) is 0 Å². The molecule has 98 valence electrons. The van der Waals surface area contributed by atoms with Crippen molar-refractivity contribution in [2.45, 2.75) is 6.18 Å². The maximum Gasteiger partial charge on any atom is 0.422 e. The molecule has 17 heavy (non-hydrogen) atoms. The molecule has 0 aliphatic rings. The van der Waals surface area contributed by atoms with Crippen molar-refractivity contribution in [3.8, 4) is 0 Å². The zero-order valence-corrected chi connectivity index (χ0v) is 9.00. The summed E-state index contributed by atoms with van der Waals surface area (Å²) >= 11 is 0. The van der Waals surface area contributed by atoms with Gasteiger partial charge in [0.2, 0.25) is 0 Å². The minimum absolute atomic E-state index is 0.0591. The molecule has 0 atom stereocenters. The second-order valence-electron chi connectivity index (χ2n) is 2.89. The molecule has 0 amide bonds. The van der Waals surface area contributed by atoms with Gasteiger partial charge in [-0.25, -0.2) is 9.59 Å². The predicted octanol–water partition coefficient (Wildman–Crippen LogP) is 0.838. The van der Waals surface area contributed by atoms with Gasteiger partial charge in [-0.1, -0.05) is 6.58 Å². The lowest BCUT2D eigenvalue weighted by Gasteiger charge is -2.08. The average Bonchev–Trinajstić information content (AvgIpc) is 2.22. The molecule has 0 aliphatic carbocycles. The highest BCUT2D eigenvalue weighted by molar-refractivity contribution is 5.89. The summed E-state index contributed by atoms with van der Waals surface area (Å²) in [6, 6.07) is 0. The molecule has 0 aromatic carbocycles. The summed E-state index contributed by atoms with van der Waals surface area (Å²) in [5.74, 6) is -2.23. The fraction of sp³-hybridized carbons (Fsp3) is 0.556. The molecule has 0 spiro atoms. The summed E-state index contributed by atoms with van der Waals surface area (Å²) in [6.45, 7) is 0.550. The van der Waals surface area contributed by atoms with Crippen LogP contribution in [0.1, 0.15) is 0 Å². The molecule has 0 heterocycles. The summed E-state index contributed by atoms with van der Waals surface area (Å²) in [5, 5.41) is 0. The number of methoxy groups -OCH3 is 1. The fourth-order valence-electron chi connectivity index (χ4n) is 0.664. The van der Waals surface area contributed by atoms with Crippen LogP contribution in [0.25, 0.3) is 0 Å². The first-order chi connectivity index (χ1) is 7.76. The van der Waals surface area contributed by atoms with Gasteiger partial charge in [0.25, 0.3) is 0 Å². The molecule has 0 unspecified atom stereocenters. The molecular formula is C9H11F3O5. The number of carbonyl (C=O) groups is 2. The van der Waals surface area contributed by atoms with Crippen molar-refractivity contribution in [2.75, 3.05) is 26.9 Å². The maximum absolute atomic E-state index is 11.6. The predicted molar refractivity (Wildman–Crippen MR) is 49.0 cm³/mol. The highest BCUT2D eigenvalue weighted by atomic mass is 19.4. The van der Waals surface area contributed by atoms with Crippen LogP contribution in [0.15, 0.2) is 12.2 Å². The van der Waals surface area contributed by atoms with Gasteiger partial charge < -0.3 is 14.2 Å². The first-order valence-corrected chi connectivity index (χ1v) is 4.32. The number of alkyl halides is 3. The SMILES string of the molecule is C=C(COC)C(=O)OCC(=O)OCC(F)(F)F. The third-order valence-corrected chi connectivity index (χ3v) is 1.33. The fourth-order valence-corrected chi connectivity index (χ4v) is 0.664. The molecule has 0 aromatic heterocycles. The van der Waals surface area contributed by atoms with Gasteiger partial charge >= 0.3 is 18.1 Å². The Morgan fingerprint density at radius 1 is 1.18 bits per heavy atom. The standard InChI is InChI=1S/C9H11F3O5/c1-6(3-15-2)8(14)16-4-7(13)17-5-9(10,11)12/h1,3-5H2,2H3. The Morgan fingerprint density at radius 2 is 1.76 bits per heavy atom. The molecule has 0 aliphatic heterocycles. The smallest absolute Gasteiger partial charge is 0.422 e. The van der Waals surface area contributed by atoms with Crippen LogP contribution in [0.4, 0.5) is 13.2 Å². The molecule has 0 aromatic rings. The van der Waals surface area contributed by atoms with Crippen LogP contribution < -0.4 is 0 Å². The van der Waals surface area contributed by atoms with E-state index in [0.29, 0.717) is 0 Å². The second-order valence-corrected chi connectivity index (χ2v) is 2.89. The van der Waals surface area contributed by atoms with Gasteiger partial charge in [-0.2, -0.15) is 13.2 Å². The van der Waals surface area contributed by atoms with Gasteiger partial charge in [0.1, 0.15) is 0 Å². The topological polar surface area (TPSA) is 61.8 Å². The average molecular weight is 256 g/mol. The highest BCUT2D eigenvalue weighted by Crippen LogP contribution is 2.14. The van der Waals surface area contributed by atoms with E-state index in [1.165, 1.54) is 7.11 Å². The van der Waals surface area contributed by atoms with Crippen molar-refractivity contribution in [3.63, 3.8) is 0 Å². The van der Waals surface area contributed by atoms with Gasteiger partial charge in [-0.15, -0.1) is 0 Å². The normalized spacial score (nSPS) is 10.8. The molecule has 0 rings (SSSR count). The van der Waals surface area contributed by atoms with E-state index >= 15 is 0 Å². The van der Waals surface area contributed by atoms with Gasteiger partial charge in [-0.3, -0.25) is 0 Å². The first-order valence-electron chi connectivity index (χ1n) is 4.32. The minimum atomic E-state index is -4.61. The zero-order chi connectivity index (χ0) is 13.5. The van der Waals surface area contributed by atoms with E-state index < -0.39 is 31.3 Å². The lowest BCUT2D eigenvalue weighted by Crippen LogP contribution is -2.24. The van der Waals surface area contributed by atoms with Gasteiger partial charge in [-0.05, 0) is 0 Å². The number of esters is 2. The molecule has 0 saturated carbocycles. The van der Waals surface area contributed by atoms with E-state index in [-0.39, 0.29) is 12.2 Å². The Kier molecular flexibility index (Phi) is 6.26. The van der Waals surface area contributed by atoms with Gasteiger partial charge in [0.15, 0.2) is 13.2 Å². The number of hydrogen-bond donors (Lipinski definition) is 0. The lowest BCUT2D eigenvalue weighted by molar-refractivity contribution is -0.189. The van der Waals surface area contributed by atoms with Crippen molar-refractivity contribution >= 4 is 11.9 Å². The first kappa shape index (κ1) is 15.4. The van der Waals surface area contributed by atoms with Crippen molar-refractivity contribution in [1.29, 1.82) is 0 Å². The number of ether oxygens (including phenoxy) is 3. The quantitative estimate of drug-likeness (QED) is 0.520. The van der Waals surface area contributed by atoms with Crippen molar-refractivity contribution in [2.24, 2.45) is 0 Å². The molecule has 0 radical (unpaired) electrons. The minimum Gasteiger partial charge on any atom is -0.454 e. The van der Waals surface area contributed by atoms with E-state index in [1.54, 1.807) is 0 Å². The molecule has 0 bridgehead atoms. The summed E-state index contributed by atoms with van der Waals surface area (Å²) in [5.41, 5.74) is -0.0591. The molecule has 0 fully saturated rings. The van der Waals surface area contributed by atoms with E-state index in [9.17, 15) is 22.8 Å². The van der Waals surface area contributed by atoms with Crippen LogP contribution in [0.5, 0.6) is 0 Å². The zero-order valence-electron chi connectivity index (χ0n) is 9.00. The largest absolute Gasteiger partial charge is 0.454 e. The van der Waals surface area contributed by atoms with E-state index in [2.05, 4.69) is 20.8 Å². The lowest BCUT2D eigenvalue weighted by atomic mass is 10.3. The summed E-state index contributed by atoms with van der Waals surface area (Å²) in [7, 11) is 1.32. The van der Waals surface area contributed by atoms with E-state index in [1.807, 2.05) is 0 Å². The van der Waals surface area contributed by atoms with Crippen LogP contribution in [-0.2, 0) is 23.8 Å². The van der Waals surface area contributed by atoms with Crippen LogP contribution in [0.2, 0.25) is 0 Å². The number of halogens is 3. The summed E-state index contributed by atoms with van der Waals surface area (Å²) < 4.78 is 47.6. The Hall–Kier alpha value is -1.57. The maximum atomic E-state index is 11.6. The van der Waals surface area contributed by atoms with Crippen molar-refractivity contribution in [3.05, 3.63) is 12.2 Å². The summed E-state index contributed by atoms with van der Waals surface area (Å²) in [6.07, 6.45) is -4.61. The van der Waals surface area contributed by atoms with Crippen LogP contribution in [0.3, 0.4) is 0 Å². The summed E-state index contributed by atoms with van der Waals surface area (Å²) in [4.78, 5) is 21.7. The van der Waals surface area contributed by atoms with Crippen LogP contribution in [-0.4, -0.2) is 45.0 Å². The molecule has 0 saturated heterocycles. The van der Waals surface area contributed by atoms with E-state index in [4.69, 9.17) is 0 Å². The Labute approximate surface area is 95.1 Å². The number of carbonyl (C=O) groups excluding carboxylic acids is 2. The third-order valence-electron chi connectivity index (χ3n) is 1.33. The van der Waals surface area contributed by atoms with Crippen molar-refractivity contribution < 1.29 is 37.0 Å². The van der Waals surface area contributed by atoms with Gasteiger partial charge in [0, 0.05) is 7.11 Å². The molecule has 8 heteroatoms. The number of rotatable bonds is 6. The molecule has 0 N–H and O–H groups in total. The molecule has 5 nitrogen and oxygen atoms in total. The van der Waals surface area contributed by atoms with Crippen molar-refractivity contribution in [1.82, 2.24) is 0 Å². The monoisotopic (exact) mass is 256 g/mol. The van der Waals surface area contributed by atoms with Gasteiger partial charge in [0.05, 0.1) is 12.2 Å².